The molecule has 2 aromatic rings. The van der Waals surface area contributed by atoms with Crippen LogP contribution >= 0.6 is 15.9 Å². The Labute approximate surface area is 117 Å². The summed E-state index contributed by atoms with van der Waals surface area (Å²) < 4.78 is 27.8. The lowest BCUT2D eigenvalue weighted by molar-refractivity contribution is 0.0981. The van der Waals surface area contributed by atoms with Gasteiger partial charge in [0.25, 0.3) is 0 Å². The molecule has 0 saturated carbocycles. The second-order valence-corrected chi connectivity index (χ2v) is 4.96. The van der Waals surface area contributed by atoms with E-state index in [1.807, 2.05) is 6.20 Å². The summed E-state index contributed by atoms with van der Waals surface area (Å²) in [5.41, 5.74) is 1.08. The monoisotopic (exact) mass is 328 g/mol. The van der Waals surface area contributed by atoms with Crippen LogP contribution in [0.2, 0.25) is 0 Å². The smallest absolute Gasteiger partial charge is 0.173 e. The molecule has 100 valence electrons. The van der Waals surface area contributed by atoms with E-state index < -0.39 is 11.6 Å². The Morgan fingerprint density at radius 3 is 2.79 bits per heavy atom. The summed E-state index contributed by atoms with van der Waals surface area (Å²) in [6.45, 7) is 0. The van der Waals surface area contributed by atoms with Crippen molar-refractivity contribution in [1.29, 1.82) is 0 Å². The van der Waals surface area contributed by atoms with Crippen molar-refractivity contribution in [1.82, 2.24) is 9.78 Å². The molecule has 2 rings (SSSR count). The Kier molecular flexibility index (Phi) is 4.09. The summed E-state index contributed by atoms with van der Waals surface area (Å²) in [5, 5.41) is 4.00. The first-order valence-electron chi connectivity index (χ1n) is 5.63. The van der Waals surface area contributed by atoms with Crippen LogP contribution in [0.3, 0.4) is 0 Å². The van der Waals surface area contributed by atoms with E-state index in [-0.39, 0.29) is 22.2 Å². The molecule has 3 nitrogen and oxygen atoms in total. The van der Waals surface area contributed by atoms with Crippen LogP contribution < -0.4 is 0 Å². The lowest BCUT2D eigenvalue weighted by atomic mass is 10.0. The molecule has 0 unspecified atom stereocenters. The molecule has 0 atom stereocenters. The second-order valence-electron chi connectivity index (χ2n) is 4.17. The van der Waals surface area contributed by atoms with E-state index in [0.717, 1.165) is 11.6 Å². The number of Topliss-reactive ketones (excluding diaryl/α,β-unsaturated/α-hetero) is 1. The lowest BCUT2D eigenvalue weighted by Gasteiger charge is -2.04. The molecule has 0 aliphatic rings. The Balaban J connectivity index is 2.10. The minimum absolute atomic E-state index is 0.122. The molecule has 0 bridgehead atoms. The Morgan fingerprint density at radius 1 is 1.42 bits per heavy atom. The summed E-state index contributed by atoms with van der Waals surface area (Å²) >= 11 is 2.91. The first kappa shape index (κ1) is 13.9. The van der Waals surface area contributed by atoms with Gasteiger partial charge in [0.05, 0.1) is 10.7 Å². The summed E-state index contributed by atoms with van der Waals surface area (Å²) in [6, 6.07) is 2.24. The van der Waals surface area contributed by atoms with Crippen molar-refractivity contribution in [3.05, 3.63) is 51.8 Å². The van der Waals surface area contributed by atoms with E-state index in [1.165, 1.54) is 6.07 Å². The van der Waals surface area contributed by atoms with Crippen LogP contribution in [0.15, 0.2) is 29.0 Å². The number of halogens is 3. The van der Waals surface area contributed by atoms with E-state index in [0.29, 0.717) is 6.42 Å². The minimum atomic E-state index is -1.03. The highest BCUT2D eigenvalue weighted by molar-refractivity contribution is 9.10. The highest BCUT2D eigenvalue weighted by Gasteiger charge is 2.16. The van der Waals surface area contributed by atoms with Crippen LogP contribution in [0.25, 0.3) is 0 Å². The maximum absolute atomic E-state index is 13.3. The quantitative estimate of drug-likeness (QED) is 0.637. The Morgan fingerprint density at radius 2 is 2.16 bits per heavy atom. The number of nitrogens with zero attached hydrogens (tertiary/aromatic N) is 2. The van der Waals surface area contributed by atoms with Gasteiger partial charge in [-0.1, -0.05) is 0 Å². The predicted molar refractivity (Wildman–Crippen MR) is 69.9 cm³/mol. The van der Waals surface area contributed by atoms with Gasteiger partial charge in [-0.15, -0.1) is 0 Å². The number of aryl methyl sites for hydroxylation is 2. The van der Waals surface area contributed by atoms with Crippen LogP contribution in [0.4, 0.5) is 8.78 Å². The molecule has 0 aliphatic carbocycles. The number of carbonyl (C=O) groups excluding carboxylic acids is 1. The number of ketones is 1. The molecule has 0 fully saturated rings. The first-order chi connectivity index (χ1) is 8.99. The standard InChI is InChI=1S/C13H11BrF2N2O/c1-18-7-8(6-17-18)2-5-11(19)9-3-4-10(15)13(16)12(9)14/h3-4,6-7H,2,5H2,1H3. The fourth-order valence-corrected chi connectivity index (χ4v) is 2.28. The molecule has 1 aromatic carbocycles. The predicted octanol–water partition coefficient (Wildman–Crippen LogP) is 3.28. The van der Waals surface area contributed by atoms with E-state index in [4.69, 9.17) is 0 Å². The average Bonchev–Trinajstić information content (AvgIpc) is 2.79. The number of benzene rings is 1. The average molecular weight is 329 g/mol. The number of rotatable bonds is 4. The van der Waals surface area contributed by atoms with Crippen molar-refractivity contribution in [3.8, 4) is 0 Å². The van der Waals surface area contributed by atoms with Crippen LogP contribution in [0.5, 0.6) is 0 Å². The van der Waals surface area contributed by atoms with Gasteiger partial charge in [0, 0.05) is 25.2 Å². The third-order valence-corrected chi connectivity index (χ3v) is 3.51. The van der Waals surface area contributed by atoms with E-state index >= 15 is 0 Å². The van der Waals surface area contributed by atoms with Gasteiger partial charge >= 0.3 is 0 Å². The van der Waals surface area contributed by atoms with Gasteiger partial charge in [-0.25, -0.2) is 8.78 Å². The van der Waals surface area contributed by atoms with Gasteiger partial charge in [-0.05, 0) is 40.0 Å². The molecule has 0 radical (unpaired) electrons. The van der Waals surface area contributed by atoms with Crippen molar-refractivity contribution >= 4 is 21.7 Å². The molecule has 0 spiro atoms. The van der Waals surface area contributed by atoms with Gasteiger partial charge in [0.15, 0.2) is 17.4 Å². The molecular weight excluding hydrogens is 318 g/mol. The van der Waals surface area contributed by atoms with Gasteiger partial charge < -0.3 is 0 Å². The van der Waals surface area contributed by atoms with Crippen LogP contribution in [0.1, 0.15) is 22.3 Å². The van der Waals surface area contributed by atoms with E-state index in [1.54, 1.807) is 17.9 Å². The highest BCUT2D eigenvalue weighted by Crippen LogP contribution is 2.24. The van der Waals surface area contributed by atoms with Crippen molar-refractivity contribution in [2.75, 3.05) is 0 Å². The fraction of sp³-hybridized carbons (Fsp3) is 0.231. The van der Waals surface area contributed by atoms with Gasteiger partial charge in [0.2, 0.25) is 0 Å². The van der Waals surface area contributed by atoms with E-state index in [9.17, 15) is 13.6 Å². The molecule has 0 saturated heterocycles. The van der Waals surface area contributed by atoms with Gasteiger partial charge in [0.1, 0.15) is 0 Å². The fourth-order valence-electron chi connectivity index (χ4n) is 1.73. The minimum Gasteiger partial charge on any atom is -0.294 e. The summed E-state index contributed by atoms with van der Waals surface area (Å²) in [5.74, 6) is -2.25. The molecule has 0 N–H and O–H groups in total. The topological polar surface area (TPSA) is 34.9 Å². The normalized spacial score (nSPS) is 10.7. The highest BCUT2D eigenvalue weighted by atomic mass is 79.9. The zero-order valence-electron chi connectivity index (χ0n) is 10.2. The van der Waals surface area contributed by atoms with Crippen LogP contribution in [0, 0.1) is 11.6 Å². The zero-order valence-corrected chi connectivity index (χ0v) is 11.7. The van der Waals surface area contributed by atoms with Gasteiger partial charge in [-0.3, -0.25) is 9.48 Å². The SMILES string of the molecule is Cn1cc(CCC(=O)c2ccc(F)c(F)c2Br)cn1. The van der Waals surface area contributed by atoms with E-state index in [2.05, 4.69) is 21.0 Å². The van der Waals surface area contributed by atoms with Crippen molar-refractivity contribution in [3.63, 3.8) is 0 Å². The second kappa shape index (κ2) is 5.61. The van der Waals surface area contributed by atoms with Crippen molar-refractivity contribution in [2.45, 2.75) is 12.8 Å². The van der Waals surface area contributed by atoms with Crippen LogP contribution in [-0.2, 0) is 13.5 Å². The third kappa shape index (κ3) is 3.07. The number of hydrogen-bond donors (Lipinski definition) is 0. The Bertz CT molecular complexity index is 625. The molecule has 0 amide bonds. The maximum Gasteiger partial charge on any atom is 0.173 e. The Hall–Kier alpha value is -1.56. The van der Waals surface area contributed by atoms with Crippen molar-refractivity contribution in [2.24, 2.45) is 7.05 Å². The largest absolute Gasteiger partial charge is 0.294 e. The van der Waals surface area contributed by atoms with Crippen LogP contribution in [-0.4, -0.2) is 15.6 Å². The molecule has 6 heteroatoms. The molecule has 1 aromatic heterocycles. The molecule has 0 aliphatic heterocycles. The summed E-state index contributed by atoms with van der Waals surface area (Å²) in [4.78, 5) is 12.0. The number of aromatic nitrogens is 2. The van der Waals surface area contributed by atoms with Crippen molar-refractivity contribution < 1.29 is 13.6 Å². The zero-order chi connectivity index (χ0) is 14.0. The molecule has 19 heavy (non-hydrogen) atoms. The number of hydrogen-bond acceptors (Lipinski definition) is 2. The molecular formula is C13H11BrF2N2O. The maximum atomic E-state index is 13.3. The first-order valence-corrected chi connectivity index (χ1v) is 6.42. The van der Waals surface area contributed by atoms with Gasteiger partial charge in [-0.2, -0.15) is 5.10 Å². The molecule has 1 heterocycles. The number of carbonyl (C=O) groups is 1. The lowest BCUT2D eigenvalue weighted by Crippen LogP contribution is -2.04. The summed E-state index contributed by atoms with van der Waals surface area (Å²) in [6.07, 6.45) is 4.22. The summed E-state index contributed by atoms with van der Waals surface area (Å²) in [7, 11) is 1.79. The third-order valence-electron chi connectivity index (χ3n) is 2.73.